The molecule has 0 aromatic heterocycles. The summed E-state index contributed by atoms with van der Waals surface area (Å²) >= 11 is 0. The second-order valence-electron chi connectivity index (χ2n) is 9.54. The van der Waals surface area contributed by atoms with Crippen LogP contribution in [0.4, 0.5) is 30.7 Å². The van der Waals surface area contributed by atoms with Crippen LogP contribution in [0.3, 0.4) is 0 Å². The zero-order valence-corrected chi connectivity index (χ0v) is 21.3. The molecular weight excluding hydrogens is 521 g/mol. The van der Waals surface area contributed by atoms with Crippen LogP contribution in [-0.2, 0) is 43.0 Å². The largest absolute Gasteiger partial charge is 0.419 e. The third kappa shape index (κ3) is 6.98. The minimum atomic E-state index is -4.77. The van der Waals surface area contributed by atoms with E-state index in [0.717, 1.165) is 11.6 Å². The summed E-state index contributed by atoms with van der Waals surface area (Å²) in [5.41, 5.74) is 0.721. The summed E-state index contributed by atoms with van der Waals surface area (Å²) < 4.78 is 101. The molecule has 39 heavy (non-hydrogen) atoms. The zero-order valence-electron chi connectivity index (χ0n) is 21.3. The molecule has 0 aliphatic heterocycles. The second kappa shape index (κ2) is 12.2. The van der Waals surface area contributed by atoms with Gasteiger partial charge < -0.3 is 4.74 Å². The predicted octanol–water partition coefficient (Wildman–Crippen LogP) is 8.56. The Balaban J connectivity index is 1.43. The molecule has 4 rings (SSSR count). The smallest absolute Gasteiger partial charge is 0.385 e. The molecule has 0 aliphatic carbocycles. The molecule has 0 saturated carbocycles. The maximum atomic E-state index is 15.2. The minimum absolute atomic E-state index is 0.00631. The van der Waals surface area contributed by atoms with Crippen LogP contribution in [0, 0.1) is 23.3 Å². The number of rotatable bonds is 10. The van der Waals surface area contributed by atoms with E-state index in [9.17, 15) is 26.3 Å². The topological polar surface area (TPSA) is 9.23 Å². The highest BCUT2D eigenvalue weighted by Crippen LogP contribution is 2.32. The van der Waals surface area contributed by atoms with Gasteiger partial charge >= 0.3 is 6.18 Å². The molecule has 1 nitrogen and oxygen atoms in total. The summed E-state index contributed by atoms with van der Waals surface area (Å²) in [6.07, 6.45) is -2.75. The zero-order chi connectivity index (χ0) is 28.2. The Bertz CT molecular complexity index is 1440. The molecule has 206 valence electrons. The number of aryl methyl sites for hydroxylation is 4. The lowest BCUT2D eigenvalue weighted by Crippen LogP contribution is -2.08. The first kappa shape index (κ1) is 28.6. The summed E-state index contributed by atoms with van der Waals surface area (Å²) in [5.74, 6) is -3.00. The van der Waals surface area contributed by atoms with Crippen LogP contribution in [0.15, 0.2) is 60.7 Å². The normalized spacial score (nSPS) is 11.9. The molecule has 0 radical (unpaired) electrons. The van der Waals surface area contributed by atoms with Crippen molar-refractivity contribution in [1.82, 2.24) is 0 Å². The first-order valence-electron chi connectivity index (χ1n) is 12.6. The third-order valence-electron chi connectivity index (χ3n) is 6.80. The van der Waals surface area contributed by atoms with Crippen molar-refractivity contribution in [2.24, 2.45) is 0 Å². The number of ether oxygens (including phenoxy) is 1. The van der Waals surface area contributed by atoms with Crippen LogP contribution in [0.25, 0.3) is 10.8 Å². The summed E-state index contributed by atoms with van der Waals surface area (Å²) in [4.78, 5) is 0. The molecule has 0 N–H and O–H groups in total. The van der Waals surface area contributed by atoms with Gasteiger partial charge in [-0.1, -0.05) is 36.4 Å². The fourth-order valence-electron chi connectivity index (χ4n) is 4.69. The van der Waals surface area contributed by atoms with Crippen LogP contribution in [0.2, 0.25) is 0 Å². The Labute approximate surface area is 222 Å². The van der Waals surface area contributed by atoms with Crippen molar-refractivity contribution in [3.05, 3.63) is 117 Å². The van der Waals surface area contributed by atoms with Gasteiger partial charge in [0.05, 0.1) is 5.56 Å². The molecule has 0 spiro atoms. The fraction of sp³-hybridized carbons (Fsp3) is 0.290. The van der Waals surface area contributed by atoms with Crippen molar-refractivity contribution in [2.75, 3.05) is 13.7 Å². The molecule has 0 heterocycles. The van der Waals surface area contributed by atoms with Crippen molar-refractivity contribution in [2.45, 2.75) is 44.7 Å². The summed E-state index contributed by atoms with van der Waals surface area (Å²) in [7, 11) is 1.57. The van der Waals surface area contributed by atoms with E-state index in [4.69, 9.17) is 4.74 Å². The van der Waals surface area contributed by atoms with Gasteiger partial charge in [0.15, 0.2) is 0 Å². The molecule has 0 aliphatic rings. The number of hydrogen-bond donors (Lipinski definition) is 0. The number of methoxy groups -OCH3 is 1. The number of alkyl halides is 3. The molecule has 0 bridgehead atoms. The van der Waals surface area contributed by atoms with Gasteiger partial charge in [-0.2, -0.15) is 13.2 Å². The first-order chi connectivity index (χ1) is 18.6. The van der Waals surface area contributed by atoms with Gasteiger partial charge in [0.2, 0.25) is 0 Å². The minimum Gasteiger partial charge on any atom is -0.385 e. The van der Waals surface area contributed by atoms with Gasteiger partial charge in [-0.3, -0.25) is 0 Å². The lowest BCUT2D eigenvalue weighted by Gasteiger charge is -2.11. The number of halogens is 7. The monoisotopic (exact) mass is 548 g/mol. The van der Waals surface area contributed by atoms with Crippen LogP contribution in [0.5, 0.6) is 0 Å². The maximum Gasteiger partial charge on any atom is 0.419 e. The second-order valence-corrected chi connectivity index (χ2v) is 9.54. The highest BCUT2D eigenvalue weighted by atomic mass is 19.4. The third-order valence-corrected chi connectivity index (χ3v) is 6.80. The van der Waals surface area contributed by atoms with E-state index in [-0.39, 0.29) is 24.8 Å². The van der Waals surface area contributed by atoms with Crippen molar-refractivity contribution in [1.29, 1.82) is 0 Å². The van der Waals surface area contributed by atoms with E-state index in [1.54, 1.807) is 37.4 Å². The molecule has 8 heteroatoms. The van der Waals surface area contributed by atoms with Gasteiger partial charge in [-0.05, 0) is 90.4 Å². The van der Waals surface area contributed by atoms with Gasteiger partial charge in [-0.15, -0.1) is 0 Å². The quantitative estimate of drug-likeness (QED) is 0.143. The highest BCUT2D eigenvalue weighted by Gasteiger charge is 2.33. The first-order valence-corrected chi connectivity index (χ1v) is 12.6. The van der Waals surface area contributed by atoms with E-state index in [1.165, 1.54) is 18.2 Å². The highest BCUT2D eigenvalue weighted by molar-refractivity contribution is 5.84. The van der Waals surface area contributed by atoms with E-state index in [2.05, 4.69) is 0 Å². The van der Waals surface area contributed by atoms with E-state index >= 15 is 4.39 Å². The summed E-state index contributed by atoms with van der Waals surface area (Å²) in [6.45, 7) is 0.508. The average molecular weight is 549 g/mol. The van der Waals surface area contributed by atoms with Gasteiger partial charge in [0.25, 0.3) is 0 Å². The van der Waals surface area contributed by atoms with Crippen molar-refractivity contribution in [3.8, 4) is 0 Å². The standard InChI is InChI=1S/C31H27F7O/c1-39-14-2-3-21-17-27(32)25(28(33)18-21)12-6-19-5-11-24-23(15-19)10-9-22(30(24)35)8-4-20-7-13-26(29(34)16-20)31(36,37)38/h5,7,9-11,13,15-18H,2-4,6,8,12,14H2,1H3. The average Bonchev–Trinajstić information content (AvgIpc) is 2.87. The Kier molecular flexibility index (Phi) is 8.95. The predicted molar refractivity (Wildman–Crippen MR) is 137 cm³/mol. The Morgan fingerprint density at radius 2 is 1.28 bits per heavy atom. The SMILES string of the molecule is COCCCc1cc(F)c(CCc2ccc3c(F)c(CCc4ccc(C(F)(F)F)c(F)c4)ccc3c2)c(F)c1. The lowest BCUT2D eigenvalue weighted by molar-refractivity contribution is -0.140. The number of fused-ring (bicyclic) bond motifs is 1. The lowest BCUT2D eigenvalue weighted by atomic mass is 9.96. The molecule has 0 amide bonds. The molecular formula is C31H27F7O. The Hall–Kier alpha value is -3.39. The van der Waals surface area contributed by atoms with Crippen LogP contribution in [-0.4, -0.2) is 13.7 Å². The van der Waals surface area contributed by atoms with Gasteiger partial charge in [0, 0.05) is 24.7 Å². The van der Waals surface area contributed by atoms with Crippen LogP contribution < -0.4 is 0 Å². The van der Waals surface area contributed by atoms with Gasteiger partial charge in [0.1, 0.15) is 23.3 Å². The Morgan fingerprint density at radius 3 is 1.95 bits per heavy atom. The molecule has 4 aromatic carbocycles. The molecule has 0 atom stereocenters. The Morgan fingerprint density at radius 1 is 0.641 bits per heavy atom. The van der Waals surface area contributed by atoms with Crippen LogP contribution >= 0.6 is 0 Å². The molecule has 0 saturated heterocycles. The van der Waals surface area contributed by atoms with Crippen molar-refractivity contribution in [3.63, 3.8) is 0 Å². The van der Waals surface area contributed by atoms with E-state index < -0.39 is 35.0 Å². The summed E-state index contributed by atoms with van der Waals surface area (Å²) in [6, 6.07) is 13.8. The summed E-state index contributed by atoms with van der Waals surface area (Å²) in [5, 5.41) is 0.969. The van der Waals surface area contributed by atoms with Gasteiger partial charge in [-0.25, -0.2) is 17.6 Å². The molecule has 4 aromatic rings. The number of benzene rings is 4. The number of hydrogen-bond acceptors (Lipinski definition) is 1. The van der Waals surface area contributed by atoms with Crippen molar-refractivity contribution >= 4 is 10.8 Å². The van der Waals surface area contributed by atoms with Crippen molar-refractivity contribution < 1.29 is 35.5 Å². The van der Waals surface area contributed by atoms with Crippen LogP contribution in [0.1, 0.15) is 39.8 Å². The molecule has 0 unspecified atom stereocenters. The van der Waals surface area contributed by atoms with E-state index in [1.807, 2.05) is 0 Å². The fourth-order valence-corrected chi connectivity index (χ4v) is 4.69. The molecule has 0 fully saturated rings. The maximum absolute atomic E-state index is 15.2. The van der Waals surface area contributed by atoms with E-state index in [0.29, 0.717) is 59.4 Å².